The molecule has 2 aliphatic rings. The molecule has 1 N–H and O–H groups in total. The molecule has 1 aromatic rings. The van der Waals surface area contributed by atoms with Crippen molar-refractivity contribution in [1.29, 1.82) is 0 Å². The summed E-state index contributed by atoms with van der Waals surface area (Å²) in [5, 5.41) is 2.66. The number of nitrogens with one attached hydrogen (secondary N) is 1. The smallest absolute Gasteiger partial charge is 0.414 e. The molecule has 0 aromatic heterocycles. The number of piperidine rings is 1. The van der Waals surface area contributed by atoms with Gasteiger partial charge in [0.2, 0.25) is 5.91 Å². The molecule has 0 bridgehead atoms. The lowest BCUT2D eigenvalue weighted by Gasteiger charge is -2.32. The third-order valence-corrected chi connectivity index (χ3v) is 4.65. The quantitative estimate of drug-likeness (QED) is 0.896. The average Bonchev–Trinajstić information content (AvgIpc) is 2.96. The summed E-state index contributed by atoms with van der Waals surface area (Å²) >= 11 is 0. The van der Waals surface area contributed by atoms with E-state index in [1.807, 2.05) is 31.2 Å². The number of carbonyl (C=O) groups excluding carboxylic acids is 3. The summed E-state index contributed by atoms with van der Waals surface area (Å²) < 4.78 is 5.28. The Morgan fingerprint density at radius 1 is 1.20 bits per heavy atom. The maximum Gasteiger partial charge on any atom is 0.414 e. The Labute approximate surface area is 146 Å². The van der Waals surface area contributed by atoms with E-state index in [0.29, 0.717) is 25.3 Å². The van der Waals surface area contributed by atoms with Gasteiger partial charge in [0.1, 0.15) is 11.9 Å². The van der Waals surface area contributed by atoms with Crippen LogP contribution < -0.4 is 15.1 Å². The topological polar surface area (TPSA) is 79.0 Å². The van der Waals surface area contributed by atoms with Crippen LogP contribution in [0.25, 0.3) is 0 Å². The second-order valence-corrected chi connectivity index (χ2v) is 6.63. The van der Waals surface area contributed by atoms with Gasteiger partial charge in [-0.05, 0) is 24.3 Å². The van der Waals surface area contributed by atoms with Crippen LogP contribution in [0.4, 0.5) is 16.2 Å². The van der Waals surface area contributed by atoms with Crippen LogP contribution in [0.5, 0.6) is 0 Å². The minimum absolute atomic E-state index is 0.0523. The minimum atomic E-state index is -0.403. The van der Waals surface area contributed by atoms with Crippen molar-refractivity contribution in [2.24, 2.45) is 5.92 Å². The van der Waals surface area contributed by atoms with Gasteiger partial charge in [-0.2, -0.15) is 0 Å². The van der Waals surface area contributed by atoms with Gasteiger partial charge in [-0.3, -0.25) is 14.5 Å². The molecule has 134 valence electrons. The van der Waals surface area contributed by atoms with Crippen LogP contribution in [0, 0.1) is 5.92 Å². The summed E-state index contributed by atoms with van der Waals surface area (Å²) in [6.45, 7) is 5.57. The van der Waals surface area contributed by atoms with Crippen LogP contribution >= 0.6 is 0 Å². The molecule has 0 aliphatic carbocycles. The van der Waals surface area contributed by atoms with E-state index in [-0.39, 0.29) is 17.9 Å². The van der Waals surface area contributed by atoms with E-state index < -0.39 is 6.09 Å². The first kappa shape index (κ1) is 17.3. The van der Waals surface area contributed by atoms with E-state index in [4.69, 9.17) is 4.74 Å². The number of hydrogen-bond donors (Lipinski definition) is 1. The molecule has 7 heteroatoms. The molecule has 3 rings (SSSR count). The molecular weight excluding hydrogens is 322 g/mol. The van der Waals surface area contributed by atoms with Gasteiger partial charge in [-0.25, -0.2) is 4.79 Å². The molecule has 2 saturated heterocycles. The second kappa shape index (κ2) is 7.13. The van der Waals surface area contributed by atoms with Crippen molar-refractivity contribution in [3.05, 3.63) is 24.3 Å². The highest BCUT2D eigenvalue weighted by Crippen LogP contribution is 2.26. The molecule has 0 saturated carbocycles. The van der Waals surface area contributed by atoms with Crippen LogP contribution in [0.15, 0.2) is 24.3 Å². The van der Waals surface area contributed by atoms with Gasteiger partial charge in [0.15, 0.2) is 0 Å². The summed E-state index contributed by atoms with van der Waals surface area (Å²) in [6, 6.07) is 7.70. The largest absolute Gasteiger partial charge is 0.442 e. The molecule has 0 spiro atoms. The van der Waals surface area contributed by atoms with E-state index >= 15 is 0 Å². The molecule has 0 radical (unpaired) electrons. The molecule has 2 amide bonds. The standard InChI is InChI=1S/C18H23N3O4/c1-12-10-20(8-7-17(12)23)14-3-5-15(6-4-14)21-11-16(25-18(21)24)9-19-13(2)22/h3-6,12,16H,7-11H2,1-2H3,(H,19,22)/t12?,16-/m0/s1. The fraction of sp³-hybridized carbons (Fsp3) is 0.500. The Balaban J connectivity index is 1.63. The molecular formula is C18H23N3O4. The summed E-state index contributed by atoms with van der Waals surface area (Å²) in [5.41, 5.74) is 1.81. The zero-order valence-electron chi connectivity index (χ0n) is 14.5. The van der Waals surface area contributed by atoms with Gasteiger partial charge in [0.05, 0.1) is 13.1 Å². The van der Waals surface area contributed by atoms with Crippen molar-refractivity contribution >= 4 is 29.2 Å². The zero-order chi connectivity index (χ0) is 18.0. The van der Waals surface area contributed by atoms with Crippen molar-refractivity contribution in [3.8, 4) is 0 Å². The molecule has 1 aromatic carbocycles. The number of benzene rings is 1. The highest BCUT2D eigenvalue weighted by atomic mass is 16.6. The Hall–Kier alpha value is -2.57. The number of cyclic esters (lactones) is 1. The Kier molecular flexibility index (Phi) is 4.92. The summed E-state index contributed by atoms with van der Waals surface area (Å²) in [6.07, 6.45) is -0.169. The number of ketones is 1. The third kappa shape index (κ3) is 3.92. The lowest BCUT2D eigenvalue weighted by atomic mass is 9.98. The molecule has 2 heterocycles. The van der Waals surface area contributed by atoms with E-state index in [0.717, 1.165) is 24.5 Å². The van der Waals surface area contributed by atoms with Gasteiger partial charge in [0.25, 0.3) is 0 Å². The van der Waals surface area contributed by atoms with Crippen LogP contribution in [-0.2, 0) is 14.3 Å². The maximum atomic E-state index is 12.0. The highest BCUT2D eigenvalue weighted by Gasteiger charge is 2.32. The Bertz CT molecular complexity index is 673. The minimum Gasteiger partial charge on any atom is -0.442 e. The normalized spacial score (nSPS) is 23.6. The van der Waals surface area contributed by atoms with E-state index in [9.17, 15) is 14.4 Å². The average molecular weight is 345 g/mol. The summed E-state index contributed by atoms with van der Waals surface area (Å²) in [7, 11) is 0. The van der Waals surface area contributed by atoms with E-state index in [2.05, 4.69) is 10.2 Å². The predicted molar refractivity (Wildman–Crippen MR) is 93.7 cm³/mol. The van der Waals surface area contributed by atoms with Gasteiger partial charge in [-0.15, -0.1) is 0 Å². The number of hydrogen-bond acceptors (Lipinski definition) is 5. The van der Waals surface area contributed by atoms with Crippen LogP contribution in [0.3, 0.4) is 0 Å². The number of amides is 2. The number of rotatable bonds is 4. The van der Waals surface area contributed by atoms with Crippen LogP contribution in [-0.4, -0.2) is 50.1 Å². The number of carbonyl (C=O) groups is 3. The fourth-order valence-electron chi connectivity index (χ4n) is 3.19. The number of ether oxygens (including phenoxy) is 1. The summed E-state index contributed by atoms with van der Waals surface area (Å²) in [5.74, 6) is 0.225. The van der Waals surface area contributed by atoms with Crippen molar-refractivity contribution in [1.82, 2.24) is 5.32 Å². The van der Waals surface area contributed by atoms with Gasteiger partial charge in [-0.1, -0.05) is 6.92 Å². The van der Waals surface area contributed by atoms with Crippen molar-refractivity contribution < 1.29 is 19.1 Å². The lowest BCUT2D eigenvalue weighted by Crippen LogP contribution is -2.39. The lowest BCUT2D eigenvalue weighted by molar-refractivity contribution is -0.123. The summed E-state index contributed by atoms with van der Waals surface area (Å²) in [4.78, 5) is 38.4. The molecule has 2 fully saturated rings. The Morgan fingerprint density at radius 3 is 2.52 bits per heavy atom. The maximum absolute atomic E-state index is 12.0. The predicted octanol–water partition coefficient (Wildman–Crippen LogP) is 1.56. The molecule has 2 aliphatic heterocycles. The molecule has 7 nitrogen and oxygen atoms in total. The number of nitrogens with zero attached hydrogens (tertiary/aromatic N) is 2. The van der Waals surface area contributed by atoms with Gasteiger partial charge in [0, 0.05) is 43.7 Å². The first-order chi connectivity index (χ1) is 11.9. The molecule has 1 unspecified atom stereocenters. The van der Waals surface area contributed by atoms with Crippen LogP contribution in [0.1, 0.15) is 20.3 Å². The fourth-order valence-corrected chi connectivity index (χ4v) is 3.19. The Morgan fingerprint density at radius 2 is 1.88 bits per heavy atom. The number of Topliss-reactive ketones (excluding diaryl/α,β-unsaturated/α-hetero) is 1. The van der Waals surface area contributed by atoms with Gasteiger partial charge < -0.3 is 15.0 Å². The molecule has 25 heavy (non-hydrogen) atoms. The van der Waals surface area contributed by atoms with Crippen molar-refractivity contribution in [3.63, 3.8) is 0 Å². The molecule has 2 atom stereocenters. The second-order valence-electron chi connectivity index (χ2n) is 6.63. The zero-order valence-corrected chi connectivity index (χ0v) is 14.5. The van der Waals surface area contributed by atoms with Crippen LogP contribution in [0.2, 0.25) is 0 Å². The first-order valence-electron chi connectivity index (χ1n) is 8.54. The van der Waals surface area contributed by atoms with Crippen molar-refractivity contribution in [2.75, 3.05) is 36.0 Å². The van der Waals surface area contributed by atoms with Gasteiger partial charge >= 0.3 is 6.09 Å². The van der Waals surface area contributed by atoms with E-state index in [1.165, 1.54) is 6.92 Å². The third-order valence-electron chi connectivity index (χ3n) is 4.65. The monoisotopic (exact) mass is 345 g/mol. The first-order valence-corrected chi connectivity index (χ1v) is 8.54. The van der Waals surface area contributed by atoms with E-state index in [1.54, 1.807) is 4.90 Å². The van der Waals surface area contributed by atoms with Crippen molar-refractivity contribution in [2.45, 2.75) is 26.4 Å². The SMILES string of the molecule is CC(=O)NC[C@H]1CN(c2ccc(N3CCC(=O)C(C)C3)cc2)C(=O)O1. The highest BCUT2D eigenvalue weighted by molar-refractivity contribution is 5.90. The number of anilines is 2.